The zero-order valence-corrected chi connectivity index (χ0v) is 30.9. The van der Waals surface area contributed by atoms with Crippen LogP contribution in [0.3, 0.4) is 0 Å². The highest BCUT2D eigenvalue weighted by Gasteiger charge is 2.42. The highest BCUT2D eigenvalue weighted by Crippen LogP contribution is 2.56. The molecule has 4 aromatic rings. The average Bonchev–Trinajstić information content (AvgIpc) is 3.36. The molecular weight excluding hydrogens is 634 g/mol. The lowest BCUT2D eigenvalue weighted by Gasteiger charge is -2.34. The Morgan fingerprint density at radius 2 is 0.872 bits per heavy atom. The van der Waals surface area contributed by atoms with Gasteiger partial charge in [0.15, 0.2) is 0 Å². The molecule has 250 valence electrons. The summed E-state index contributed by atoms with van der Waals surface area (Å²) in [6, 6.07) is 36.2. The molecule has 1 aliphatic rings. The number of anilines is 3. The van der Waals surface area contributed by atoms with Crippen LogP contribution in [0, 0.1) is 0 Å². The highest BCUT2D eigenvalue weighted by atomic mass is 79.9. The summed E-state index contributed by atoms with van der Waals surface area (Å²) in [6.07, 6.45) is 24.2. The Hall–Kier alpha value is -2.84. The molecule has 0 heterocycles. The first-order valence-corrected chi connectivity index (χ1v) is 19.8. The largest absolute Gasteiger partial charge is 0.310 e. The fourth-order valence-electron chi connectivity index (χ4n) is 7.98. The molecular formula is C45H58BrN. The first-order valence-electron chi connectivity index (χ1n) is 19.0. The van der Waals surface area contributed by atoms with Gasteiger partial charge in [-0.1, -0.05) is 181 Å². The number of para-hydroxylation sites is 2. The van der Waals surface area contributed by atoms with E-state index in [1.165, 1.54) is 148 Å². The van der Waals surface area contributed by atoms with Crippen molar-refractivity contribution < 1.29 is 0 Å². The summed E-state index contributed by atoms with van der Waals surface area (Å²) in [5.74, 6) is 0. The molecule has 0 saturated carbocycles. The molecule has 0 saturated heterocycles. The van der Waals surface area contributed by atoms with Gasteiger partial charge in [-0.25, -0.2) is 0 Å². The molecule has 2 heteroatoms. The molecule has 0 N–H and O–H groups in total. The number of unbranched alkanes of at least 4 members (excludes halogenated alkanes) is 14. The third-order valence-electron chi connectivity index (χ3n) is 10.5. The van der Waals surface area contributed by atoms with E-state index in [1.807, 2.05) is 0 Å². The van der Waals surface area contributed by atoms with Crippen LogP contribution in [0.25, 0.3) is 11.1 Å². The molecule has 0 spiro atoms. The molecule has 0 atom stereocenters. The number of hydrogen-bond donors (Lipinski definition) is 0. The molecule has 1 aliphatic carbocycles. The lowest BCUT2D eigenvalue weighted by molar-refractivity contribution is 0.397. The van der Waals surface area contributed by atoms with Crippen LogP contribution in [0.5, 0.6) is 0 Å². The lowest BCUT2D eigenvalue weighted by Crippen LogP contribution is -2.26. The van der Waals surface area contributed by atoms with Crippen molar-refractivity contribution in [1.82, 2.24) is 0 Å². The number of hydrogen-bond acceptors (Lipinski definition) is 1. The van der Waals surface area contributed by atoms with Gasteiger partial charge in [0.25, 0.3) is 0 Å². The summed E-state index contributed by atoms with van der Waals surface area (Å²) in [5, 5.41) is 0. The van der Waals surface area contributed by atoms with E-state index in [1.54, 1.807) is 11.1 Å². The van der Waals surface area contributed by atoms with Gasteiger partial charge in [0.2, 0.25) is 0 Å². The van der Waals surface area contributed by atoms with Crippen LogP contribution in [0.2, 0.25) is 0 Å². The standard InChI is InChI=1S/C45H58BrN/c1-3-5-7-9-11-13-15-23-33-45(34-24-16-14-12-10-8-6-4-2)43-35-37(46)29-31-41(43)42-32-30-40(36-44(42)45)47(38-25-19-17-20-26-38)39-27-21-18-22-28-39/h17-22,25-32,35-36H,3-16,23-24,33-34H2,1-2H3. The predicted molar refractivity (Wildman–Crippen MR) is 209 cm³/mol. The monoisotopic (exact) mass is 691 g/mol. The van der Waals surface area contributed by atoms with Crippen LogP contribution >= 0.6 is 15.9 Å². The minimum Gasteiger partial charge on any atom is -0.310 e. The normalized spacial score (nSPS) is 13.0. The Morgan fingerprint density at radius 1 is 0.447 bits per heavy atom. The Bertz CT molecular complexity index is 1420. The van der Waals surface area contributed by atoms with Crippen molar-refractivity contribution in [2.75, 3.05) is 4.90 Å². The van der Waals surface area contributed by atoms with Gasteiger partial charge in [0.05, 0.1) is 0 Å². The van der Waals surface area contributed by atoms with Crippen LogP contribution in [-0.2, 0) is 5.41 Å². The fourth-order valence-corrected chi connectivity index (χ4v) is 8.34. The Kier molecular flexibility index (Phi) is 14.1. The zero-order chi connectivity index (χ0) is 32.7. The first-order chi connectivity index (χ1) is 23.2. The van der Waals surface area contributed by atoms with E-state index in [4.69, 9.17) is 0 Å². The molecule has 5 rings (SSSR count). The Balaban J connectivity index is 1.47. The molecule has 0 aliphatic heterocycles. The third-order valence-corrected chi connectivity index (χ3v) is 11.0. The first kappa shape index (κ1) is 35.5. The van der Waals surface area contributed by atoms with Crippen LogP contribution in [-0.4, -0.2) is 0 Å². The Labute approximate surface area is 295 Å². The maximum atomic E-state index is 3.90. The number of halogens is 1. The van der Waals surface area contributed by atoms with Gasteiger partial charge < -0.3 is 4.90 Å². The van der Waals surface area contributed by atoms with Gasteiger partial charge in [0.1, 0.15) is 0 Å². The van der Waals surface area contributed by atoms with Gasteiger partial charge in [0, 0.05) is 26.9 Å². The van der Waals surface area contributed by atoms with Crippen LogP contribution in [0.15, 0.2) is 102 Å². The van der Waals surface area contributed by atoms with Crippen LogP contribution in [0.4, 0.5) is 17.1 Å². The topological polar surface area (TPSA) is 3.24 Å². The Morgan fingerprint density at radius 3 is 1.36 bits per heavy atom. The number of fused-ring (bicyclic) bond motifs is 3. The van der Waals surface area contributed by atoms with Gasteiger partial charge in [-0.3, -0.25) is 0 Å². The van der Waals surface area contributed by atoms with Crippen LogP contribution < -0.4 is 4.90 Å². The molecule has 4 aromatic carbocycles. The molecule has 47 heavy (non-hydrogen) atoms. The molecule has 0 fully saturated rings. The molecule has 0 bridgehead atoms. The summed E-state index contributed by atoms with van der Waals surface area (Å²) in [5.41, 5.74) is 9.69. The second kappa shape index (κ2) is 18.6. The molecule has 0 radical (unpaired) electrons. The van der Waals surface area contributed by atoms with E-state index < -0.39 is 0 Å². The van der Waals surface area contributed by atoms with Crippen LogP contribution in [0.1, 0.15) is 141 Å². The maximum absolute atomic E-state index is 3.90. The van der Waals surface area contributed by atoms with Crippen molar-refractivity contribution in [3.8, 4) is 11.1 Å². The fraction of sp³-hybridized carbons (Fsp3) is 0.467. The van der Waals surface area contributed by atoms with E-state index in [0.717, 1.165) is 0 Å². The van der Waals surface area contributed by atoms with Gasteiger partial charge in [-0.15, -0.1) is 0 Å². The van der Waals surface area contributed by atoms with Crippen molar-refractivity contribution in [1.29, 1.82) is 0 Å². The van der Waals surface area contributed by atoms with E-state index >= 15 is 0 Å². The molecule has 0 aromatic heterocycles. The molecule has 0 unspecified atom stereocenters. The summed E-state index contributed by atoms with van der Waals surface area (Å²) >= 11 is 3.90. The minimum atomic E-state index is 0.0495. The summed E-state index contributed by atoms with van der Waals surface area (Å²) in [6.45, 7) is 4.62. The number of benzene rings is 4. The summed E-state index contributed by atoms with van der Waals surface area (Å²) < 4.78 is 1.20. The predicted octanol–water partition coefficient (Wildman–Crippen LogP) is 15.2. The van der Waals surface area contributed by atoms with E-state index in [2.05, 4.69) is 132 Å². The third kappa shape index (κ3) is 9.20. The number of rotatable bonds is 21. The minimum absolute atomic E-state index is 0.0495. The van der Waals surface area contributed by atoms with E-state index in [-0.39, 0.29) is 5.41 Å². The van der Waals surface area contributed by atoms with Crippen molar-refractivity contribution in [2.24, 2.45) is 0 Å². The quantitative estimate of drug-likeness (QED) is 0.0786. The van der Waals surface area contributed by atoms with Crippen molar-refractivity contribution >= 4 is 33.0 Å². The molecule has 0 amide bonds. The zero-order valence-electron chi connectivity index (χ0n) is 29.3. The van der Waals surface area contributed by atoms with Gasteiger partial charge in [-0.2, -0.15) is 0 Å². The number of nitrogens with zero attached hydrogens (tertiary/aromatic N) is 1. The summed E-state index contributed by atoms with van der Waals surface area (Å²) in [4.78, 5) is 2.44. The second-order valence-electron chi connectivity index (χ2n) is 14.0. The van der Waals surface area contributed by atoms with E-state index in [9.17, 15) is 0 Å². The van der Waals surface area contributed by atoms with Crippen molar-refractivity contribution in [3.05, 3.63) is 113 Å². The smallest absolute Gasteiger partial charge is 0.0465 e. The highest BCUT2D eigenvalue weighted by molar-refractivity contribution is 9.10. The second-order valence-corrected chi connectivity index (χ2v) is 14.9. The van der Waals surface area contributed by atoms with E-state index in [0.29, 0.717) is 0 Å². The average molecular weight is 693 g/mol. The van der Waals surface area contributed by atoms with Crippen molar-refractivity contribution in [3.63, 3.8) is 0 Å². The SMILES string of the molecule is CCCCCCCCCCC1(CCCCCCCCCC)c2cc(Br)ccc2-c2ccc(N(c3ccccc3)c3ccccc3)cc21. The lowest BCUT2D eigenvalue weighted by atomic mass is 9.70. The molecule has 1 nitrogen and oxygen atoms in total. The summed E-state index contributed by atoms with van der Waals surface area (Å²) in [7, 11) is 0. The van der Waals surface area contributed by atoms with Gasteiger partial charge in [-0.05, 0) is 83.6 Å². The van der Waals surface area contributed by atoms with Gasteiger partial charge >= 0.3 is 0 Å². The van der Waals surface area contributed by atoms with Crippen molar-refractivity contribution in [2.45, 2.75) is 135 Å². The maximum Gasteiger partial charge on any atom is 0.0465 e.